The van der Waals surface area contributed by atoms with Crippen molar-refractivity contribution in [1.82, 2.24) is 4.31 Å². The van der Waals surface area contributed by atoms with Gasteiger partial charge >= 0.3 is 5.97 Å². The number of rotatable bonds is 9. The lowest BCUT2D eigenvalue weighted by Crippen LogP contribution is -2.32. The monoisotopic (exact) mass is 337 g/mol. The third-order valence-electron chi connectivity index (χ3n) is 3.06. The van der Waals surface area contributed by atoms with E-state index in [0.29, 0.717) is 13.1 Å². The Morgan fingerprint density at radius 2 is 1.74 bits per heavy atom. The Morgan fingerprint density at radius 1 is 1.17 bits per heavy atom. The Hall–Kier alpha value is -1.92. The molecule has 6 heteroatoms. The quantitative estimate of drug-likeness (QED) is 0.394. The highest BCUT2D eigenvalue weighted by molar-refractivity contribution is 7.89. The summed E-state index contributed by atoms with van der Waals surface area (Å²) in [7, 11) is -3.53. The van der Waals surface area contributed by atoms with Gasteiger partial charge < -0.3 is 4.74 Å². The molecule has 0 fully saturated rings. The standard InChI is InChI=1S/C17H23NO4S/c1-4-7-14-22-17(19)15-8-10-16(11-9-15)23(20,21)18(12-5-2)13-6-3/h4,7-11,14H,1,5-6,12-13H2,2-3H3/b14-7+. The second-order valence-electron chi connectivity index (χ2n) is 4.90. The molecule has 1 rings (SSSR count). The van der Waals surface area contributed by atoms with Gasteiger partial charge in [-0.05, 0) is 43.2 Å². The molecular formula is C17H23NO4S. The SMILES string of the molecule is C=C/C=C/OC(=O)c1ccc(S(=O)(=O)N(CCC)CCC)cc1. The summed E-state index contributed by atoms with van der Waals surface area (Å²) in [5, 5.41) is 0. The van der Waals surface area contributed by atoms with Crippen molar-refractivity contribution in [3.8, 4) is 0 Å². The molecule has 0 aliphatic rings. The highest BCUT2D eigenvalue weighted by Crippen LogP contribution is 2.17. The fourth-order valence-electron chi connectivity index (χ4n) is 1.99. The highest BCUT2D eigenvalue weighted by atomic mass is 32.2. The van der Waals surface area contributed by atoms with Crippen molar-refractivity contribution in [1.29, 1.82) is 0 Å². The predicted molar refractivity (Wildman–Crippen MR) is 90.5 cm³/mol. The minimum absolute atomic E-state index is 0.178. The molecule has 0 unspecified atom stereocenters. The molecule has 1 aromatic carbocycles. The van der Waals surface area contributed by atoms with E-state index in [0.717, 1.165) is 12.8 Å². The molecule has 0 N–H and O–H groups in total. The Bertz CT molecular complexity index is 642. The lowest BCUT2D eigenvalue weighted by Gasteiger charge is -2.21. The first kappa shape index (κ1) is 19.1. The zero-order chi connectivity index (χ0) is 17.3. The van der Waals surface area contributed by atoms with E-state index in [1.807, 2.05) is 13.8 Å². The van der Waals surface area contributed by atoms with Crippen molar-refractivity contribution in [2.45, 2.75) is 31.6 Å². The molecule has 0 aliphatic heterocycles. The number of esters is 1. The lowest BCUT2D eigenvalue weighted by atomic mass is 10.2. The zero-order valence-corrected chi connectivity index (χ0v) is 14.4. The van der Waals surface area contributed by atoms with Crippen molar-refractivity contribution in [2.24, 2.45) is 0 Å². The first-order valence-electron chi connectivity index (χ1n) is 7.56. The topological polar surface area (TPSA) is 63.7 Å². The van der Waals surface area contributed by atoms with Gasteiger partial charge in [0.05, 0.1) is 16.7 Å². The molecule has 0 aromatic heterocycles. The number of hydrogen-bond donors (Lipinski definition) is 0. The van der Waals surface area contributed by atoms with E-state index in [2.05, 4.69) is 6.58 Å². The van der Waals surface area contributed by atoms with Crippen LogP contribution in [-0.4, -0.2) is 31.8 Å². The number of sulfonamides is 1. The summed E-state index contributed by atoms with van der Waals surface area (Å²) in [5.74, 6) is -0.550. The highest BCUT2D eigenvalue weighted by Gasteiger charge is 2.23. The number of hydrogen-bond acceptors (Lipinski definition) is 4. The number of nitrogens with zero attached hydrogens (tertiary/aromatic N) is 1. The largest absolute Gasteiger partial charge is 0.431 e. The van der Waals surface area contributed by atoms with E-state index in [1.54, 1.807) is 0 Å². The Kier molecular flexibility index (Phi) is 7.71. The maximum atomic E-state index is 12.6. The Morgan fingerprint density at radius 3 is 2.22 bits per heavy atom. The van der Waals surface area contributed by atoms with Crippen LogP contribution in [-0.2, 0) is 14.8 Å². The molecule has 1 aromatic rings. The molecule has 126 valence electrons. The Balaban J connectivity index is 2.95. The van der Waals surface area contributed by atoms with Crippen molar-refractivity contribution in [2.75, 3.05) is 13.1 Å². The maximum Gasteiger partial charge on any atom is 0.342 e. The normalized spacial score (nSPS) is 11.8. The van der Waals surface area contributed by atoms with Gasteiger partial charge in [-0.1, -0.05) is 26.5 Å². The van der Waals surface area contributed by atoms with E-state index < -0.39 is 16.0 Å². The molecule has 0 spiro atoms. The second kappa shape index (κ2) is 9.27. The van der Waals surface area contributed by atoms with Gasteiger partial charge in [0.25, 0.3) is 0 Å². The van der Waals surface area contributed by atoms with Crippen molar-refractivity contribution in [3.63, 3.8) is 0 Å². The molecule has 0 bridgehead atoms. The number of ether oxygens (including phenoxy) is 1. The van der Waals surface area contributed by atoms with Crippen molar-refractivity contribution < 1.29 is 17.9 Å². The van der Waals surface area contributed by atoms with E-state index in [9.17, 15) is 13.2 Å². The molecular weight excluding hydrogens is 314 g/mol. The molecule has 0 atom stereocenters. The summed E-state index contributed by atoms with van der Waals surface area (Å²) in [5.41, 5.74) is 0.287. The van der Waals surface area contributed by atoms with Crippen LogP contribution in [0, 0.1) is 0 Å². The van der Waals surface area contributed by atoms with Gasteiger partial charge in [-0.25, -0.2) is 13.2 Å². The van der Waals surface area contributed by atoms with Gasteiger partial charge in [0.1, 0.15) is 0 Å². The van der Waals surface area contributed by atoms with Crippen LogP contribution in [0.5, 0.6) is 0 Å². The van der Waals surface area contributed by atoms with Gasteiger partial charge in [-0.3, -0.25) is 0 Å². The van der Waals surface area contributed by atoms with Crippen LogP contribution in [0.3, 0.4) is 0 Å². The predicted octanol–water partition coefficient (Wildman–Crippen LogP) is 3.35. The maximum absolute atomic E-state index is 12.6. The van der Waals surface area contributed by atoms with Crippen LogP contribution in [0.15, 0.2) is 54.2 Å². The summed E-state index contributed by atoms with van der Waals surface area (Å²) in [6.45, 7) is 8.30. The summed E-state index contributed by atoms with van der Waals surface area (Å²) >= 11 is 0. The second-order valence-corrected chi connectivity index (χ2v) is 6.84. The third-order valence-corrected chi connectivity index (χ3v) is 4.98. The summed E-state index contributed by atoms with van der Waals surface area (Å²) < 4.78 is 31.5. The molecule has 0 saturated heterocycles. The van der Waals surface area contributed by atoms with Crippen LogP contribution < -0.4 is 0 Å². The molecule has 23 heavy (non-hydrogen) atoms. The number of carbonyl (C=O) groups excluding carboxylic acids is 1. The van der Waals surface area contributed by atoms with Gasteiger partial charge in [0.15, 0.2) is 0 Å². The first-order valence-corrected chi connectivity index (χ1v) is 9.00. The molecule has 0 radical (unpaired) electrons. The molecule has 0 heterocycles. The summed E-state index contributed by atoms with van der Waals surface area (Å²) in [6, 6.07) is 5.77. The lowest BCUT2D eigenvalue weighted by molar-refractivity contribution is 0.0663. The fraction of sp³-hybridized carbons (Fsp3) is 0.353. The molecule has 0 saturated carbocycles. The zero-order valence-electron chi connectivity index (χ0n) is 13.6. The molecule has 0 amide bonds. The average molecular weight is 337 g/mol. The average Bonchev–Trinajstić information content (AvgIpc) is 2.55. The Labute approximate surface area is 138 Å². The molecule has 0 aliphatic carbocycles. The minimum atomic E-state index is -3.53. The minimum Gasteiger partial charge on any atom is -0.431 e. The number of benzene rings is 1. The van der Waals surface area contributed by atoms with Gasteiger partial charge in [0.2, 0.25) is 10.0 Å². The van der Waals surface area contributed by atoms with E-state index in [1.165, 1.54) is 47.0 Å². The van der Waals surface area contributed by atoms with Crippen LogP contribution in [0.1, 0.15) is 37.0 Å². The van der Waals surface area contributed by atoms with Crippen molar-refractivity contribution in [3.05, 3.63) is 54.8 Å². The van der Waals surface area contributed by atoms with Crippen LogP contribution in [0.25, 0.3) is 0 Å². The fourth-order valence-corrected chi connectivity index (χ4v) is 3.61. The van der Waals surface area contributed by atoms with Gasteiger partial charge in [-0.2, -0.15) is 4.31 Å². The van der Waals surface area contributed by atoms with E-state index >= 15 is 0 Å². The van der Waals surface area contributed by atoms with Crippen LogP contribution >= 0.6 is 0 Å². The van der Waals surface area contributed by atoms with Crippen LogP contribution in [0.4, 0.5) is 0 Å². The van der Waals surface area contributed by atoms with E-state index in [-0.39, 0.29) is 10.5 Å². The van der Waals surface area contributed by atoms with Gasteiger partial charge in [-0.15, -0.1) is 0 Å². The van der Waals surface area contributed by atoms with Crippen LogP contribution in [0.2, 0.25) is 0 Å². The number of allylic oxidation sites excluding steroid dienone is 2. The third kappa shape index (κ3) is 5.33. The summed E-state index contributed by atoms with van der Waals surface area (Å²) in [6.07, 6.45) is 5.70. The smallest absolute Gasteiger partial charge is 0.342 e. The number of carbonyl (C=O) groups is 1. The molecule has 5 nitrogen and oxygen atoms in total. The van der Waals surface area contributed by atoms with Gasteiger partial charge in [0, 0.05) is 13.1 Å². The summed E-state index contributed by atoms with van der Waals surface area (Å²) in [4.78, 5) is 11.9. The first-order chi connectivity index (χ1) is 11.0. The van der Waals surface area contributed by atoms with E-state index in [4.69, 9.17) is 4.74 Å². The van der Waals surface area contributed by atoms with Crippen molar-refractivity contribution >= 4 is 16.0 Å².